The van der Waals surface area contributed by atoms with E-state index in [9.17, 15) is 0 Å². The molecule has 2 fully saturated rings. The molecule has 23 heavy (non-hydrogen) atoms. The number of rotatable bonds is 5. The van der Waals surface area contributed by atoms with Crippen molar-refractivity contribution < 1.29 is 9.47 Å². The standard InChI is InChI=1S/C17H24ClN3O2/c1-22-15-5-2-12(18)10-14(15)17(6-8-23-9-7-17)11-20-16(19)21-13-3-4-13/h2,5,10,13H,3-4,6-9,11H2,1H3,(H3,19,20,21). The molecule has 3 rings (SSSR count). The van der Waals surface area contributed by atoms with Crippen LogP contribution in [-0.2, 0) is 10.2 Å². The maximum atomic E-state index is 6.24. The van der Waals surface area contributed by atoms with Crippen LogP contribution < -0.4 is 15.8 Å². The van der Waals surface area contributed by atoms with Gasteiger partial charge in [0.25, 0.3) is 0 Å². The molecule has 0 unspecified atom stereocenters. The second-order valence-electron chi connectivity index (χ2n) is 6.36. The topological polar surface area (TPSA) is 68.9 Å². The van der Waals surface area contributed by atoms with E-state index >= 15 is 0 Å². The quantitative estimate of drug-likeness (QED) is 0.639. The molecule has 0 amide bonds. The van der Waals surface area contributed by atoms with Crippen molar-refractivity contribution in [2.45, 2.75) is 37.1 Å². The lowest BCUT2D eigenvalue weighted by Gasteiger charge is -2.37. The highest BCUT2D eigenvalue weighted by Gasteiger charge is 2.37. The first-order chi connectivity index (χ1) is 11.1. The third kappa shape index (κ3) is 3.90. The molecule has 1 aliphatic heterocycles. The number of hydrogen-bond donors (Lipinski definition) is 2. The van der Waals surface area contributed by atoms with E-state index in [1.165, 1.54) is 12.8 Å². The fourth-order valence-electron chi connectivity index (χ4n) is 3.09. The lowest BCUT2D eigenvalue weighted by atomic mass is 9.73. The van der Waals surface area contributed by atoms with Crippen molar-refractivity contribution in [2.75, 3.05) is 26.9 Å². The monoisotopic (exact) mass is 337 g/mol. The van der Waals surface area contributed by atoms with Crippen molar-refractivity contribution >= 4 is 17.6 Å². The largest absolute Gasteiger partial charge is 0.496 e. The first-order valence-electron chi connectivity index (χ1n) is 8.11. The van der Waals surface area contributed by atoms with E-state index in [4.69, 9.17) is 26.8 Å². The number of nitrogens with zero attached hydrogens (tertiary/aromatic N) is 1. The Morgan fingerprint density at radius 1 is 1.43 bits per heavy atom. The van der Waals surface area contributed by atoms with Crippen molar-refractivity contribution in [2.24, 2.45) is 10.7 Å². The number of halogens is 1. The Bertz CT molecular complexity index is 581. The molecule has 3 N–H and O–H groups in total. The normalized spacial score (nSPS) is 21.0. The molecule has 1 aromatic rings. The average molecular weight is 338 g/mol. The van der Waals surface area contributed by atoms with Gasteiger partial charge in [0.05, 0.1) is 13.7 Å². The number of nitrogens with one attached hydrogen (secondary N) is 1. The van der Waals surface area contributed by atoms with Crippen LogP contribution in [0.15, 0.2) is 23.2 Å². The van der Waals surface area contributed by atoms with Gasteiger partial charge in [0.1, 0.15) is 5.75 Å². The summed E-state index contributed by atoms with van der Waals surface area (Å²) in [5, 5.41) is 3.95. The van der Waals surface area contributed by atoms with Gasteiger partial charge in [-0.3, -0.25) is 4.99 Å². The Labute approximate surface area is 142 Å². The van der Waals surface area contributed by atoms with E-state index < -0.39 is 0 Å². The van der Waals surface area contributed by atoms with E-state index in [1.54, 1.807) is 7.11 Å². The maximum Gasteiger partial charge on any atom is 0.188 e. The smallest absolute Gasteiger partial charge is 0.188 e. The first-order valence-corrected chi connectivity index (χ1v) is 8.49. The highest BCUT2D eigenvalue weighted by Crippen LogP contribution is 2.41. The third-order valence-electron chi connectivity index (χ3n) is 4.66. The van der Waals surface area contributed by atoms with Gasteiger partial charge in [0, 0.05) is 35.3 Å². The molecule has 0 aromatic heterocycles. The SMILES string of the molecule is COc1ccc(Cl)cc1C1(CN=C(N)NC2CC2)CCOCC1. The summed E-state index contributed by atoms with van der Waals surface area (Å²) >= 11 is 6.24. The Balaban J connectivity index is 1.88. The van der Waals surface area contributed by atoms with Crippen LogP contribution in [0.25, 0.3) is 0 Å². The maximum absolute atomic E-state index is 6.24. The number of hydrogen-bond acceptors (Lipinski definition) is 3. The molecule has 1 aromatic carbocycles. The molecule has 1 aliphatic carbocycles. The molecule has 2 aliphatic rings. The zero-order valence-corrected chi connectivity index (χ0v) is 14.2. The van der Waals surface area contributed by atoms with E-state index in [2.05, 4.69) is 10.3 Å². The van der Waals surface area contributed by atoms with Crippen LogP contribution in [0, 0.1) is 0 Å². The van der Waals surface area contributed by atoms with E-state index in [0.717, 1.165) is 24.2 Å². The van der Waals surface area contributed by atoms with Gasteiger partial charge in [-0.15, -0.1) is 0 Å². The van der Waals surface area contributed by atoms with Crippen molar-refractivity contribution in [3.05, 3.63) is 28.8 Å². The van der Waals surface area contributed by atoms with Crippen LogP contribution in [-0.4, -0.2) is 38.9 Å². The summed E-state index contributed by atoms with van der Waals surface area (Å²) in [6.45, 7) is 2.03. The van der Waals surface area contributed by atoms with Crippen LogP contribution in [0.5, 0.6) is 5.75 Å². The summed E-state index contributed by atoms with van der Waals surface area (Å²) in [5.74, 6) is 1.37. The number of ether oxygens (including phenoxy) is 2. The molecule has 1 saturated heterocycles. The molecular formula is C17H24ClN3O2. The van der Waals surface area contributed by atoms with Crippen LogP contribution in [0.2, 0.25) is 5.02 Å². The molecule has 6 heteroatoms. The minimum Gasteiger partial charge on any atom is -0.496 e. The Morgan fingerprint density at radius 3 is 2.83 bits per heavy atom. The van der Waals surface area contributed by atoms with E-state index in [0.29, 0.717) is 36.8 Å². The number of guanidine groups is 1. The molecule has 0 atom stereocenters. The lowest BCUT2D eigenvalue weighted by Crippen LogP contribution is -2.40. The first kappa shape index (κ1) is 16.4. The minimum absolute atomic E-state index is 0.148. The lowest BCUT2D eigenvalue weighted by molar-refractivity contribution is 0.0523. The van der Waals surface area contributed by atoms with E-state index in [-0.39, 0.29) is 5.41 Å². The summed E-state index contributed by atoms with van der Waals surface area (Å²) in [7, 11) is 1.69. The summed E-state index contributed by atoms with van der Waals surface area (Å²) in [4.78, 5) is 4.61. The van der Waals surface area contributed by atoms with Gasteiger partial charge < -0.3 is 20.5 Å². The van der Waals surface area contributed by atoms with Gasteiger partial charge in [-0.1, -0.05) is 11.6 Å². The van der Waals surface area contributed by atoms with Gasteiger partial charge in [-0.25, -0.2) is 0 Å². The third-order valence-corrected chi connectivity index (χ3v) is 4.90. The molecule has 126 valence electrons. The Morgan fingerprint density at radius 2 is 2.17 bits per heavy atom. The Hall–Kier alpha value is -1.46. The highest BCUT2D eigenvalue weighted by atomic mass is 35.5. The minimum atomic E-state index is -0.148. The van der Waals surface area contributed by atoms with Crippen molar-refractivity contribution in [3.63, 3.8) is 0 Å². The van der Waals surface area contributed by atoms with Crippen LogP contribution in [0.1, 0.15) is 31.2 Å². The molecule has 0 radical (unpaired) electrons. The van der Waals surface area contributed by atoms with Gasteiger partial charge in [-0.05, 0) is 43.9 Å². The highest BCUT2D eigenvalue weighted by molar-refractivity contribution is 6.30. The van der Waals surface area contributed by atoms with E-state index in [1.807, 2.05) is 18.2 Å². The van der Waals surface area contributed by atoms with Crippen LogP contribution >= 0.6 is 11.6 Å². The molecule has 1 saturated carbocycles. The molecule has 0 bridgehead atoms. The number of aliphatic imine (C=N–C) groups is 1. The van der Waals surface area contributed by atoms with Gasteiger partial charge in [-0.2, -0.15) is 0 Å². The summed E-state index contributed by atoms with van der Waals surface area (Å²) in [6.07, 6.45) is 4.11. The predicted octanol–water partition coefficient (Wildman–Crippen LogP) is 2.46. The summed E-state index contributed by atoms with van der Waals surface area (Å²) < 4.78 is 11.1. The molecule has 5 nitrogen and oxygen atoms in total. The fraction of sp³-hybridized carbons (Fsp3) is 0.588. The van der Waals surface area contributed by atoms with Crippen molar-refractivity contribution in [1.82, 2.24) is 5.32 Å². The van der Waals surface area contributed by atoms with Crippen molar-refractivity contribution in [1.29, 1.82) is 0 Å². The molecule has 1 heterocycles. The van der Waals surface area contributed by atoms with Gasteiger partial charge >= 0.3 is 0 Å². The van der Waals surface area contributed by atoms with Gasteiger partial charge in [0.15, 0.2) is 5.96 Å². The van der Waals surface area contributed by atoms with Gasteiger partial charge in [0.2, 0.25) is 0 Å². The zero-order chi connectivity index (χ0) is 16.3. The summed E-state index contributed by atoms with van der Waals surface area (Å²) in [6, 6.07) is 6.27. The van der Waals surface area contributed by atoms with Crippen LogP contribution in [0.3, 0.4) is 0 Å². The number of nitrogens with two attached hydrogens (primary N) is 1. The second kappa shape index (κ2) is 6.97. The second-order valence-corrected chi connectivity index (χ2v) is 6.79. The molecular weight excluding hydrogens is 314 g/mol. The fourth-order valence-corrected chi connectivity index (χ4v) is 3.26. The summed E-state index contributed by atoms with van der Waals surface area (Å²) in [5.41, 5.74) is 6.97. The zero-order valence-electron chi connectivity index (χ0n) is 13.5. The van der Waals surface area contributed by atoms with Crippen molar-refractivity contribution in [3.8, 4) is 5.75 Å². The van der Waals surface area contributed by atoms with Crippen LogP contribution in [0.4, 0.5) is 0 Å². The average Bonchev–Trinajstić information content (AvgIpc) is 3.38. The molecule has 0 spiro atoms. The Kier molecular flexibility index (Phi) is 4.97. The number of benzene rings is 1. The predicted molar refractivity (Wildman–Crippen MR) is 92.4 cm³/mol. The number of methoxy groups -OCH3 is 1.